The van der Waals surface area contributed by atoms with E-state index in [9.17, 15) is 0 Å². The molecule has 1 aliphatic rings. The van der Waals surface area contributed by atoms with Gasteiger partial charge in [0.05, 0.1) is 12.6 Å². The van der Waals surface area contributed by atoms with E-state index in [4.69, 9.17) is 9.26 Å². The molecule has 1 fully saturated rings. The van der Waals surface area contributed by atoms with Gasteiger partial charge >= 0.3 is 0 Å². The summed E-state index contributed by atoms with van der Waals surface area (Å²) in [5, 5.41) is 10.4. The summed E-state index contributed by atoms with van der Waals surface area (Å²) in [7, 11) is 1.77. The molecule has 7 heteroatoms. The highest BCUT2D eigenvalue weighted by molar-refractivity contribution is 14.0. The highest BCUT2D eigenvalue weighted by Gasteiger charge is 2.24. The summed E-state index contributed by atoms with van der Waals surface area (Å²) in [6, 6.07) is 1.84. The number of nitrogens with zero attached hydrogens (tertiary/aromatic N) is 2. The van der Waals surface area contributed by atoms with Crippen LogP contribution < -0.4 is 10.6 Å². The lowest BCUT2D eigenvalue weighted by Gasteiger charge is -2.23. The maximum Gasteiger partial charge on any atom is 0.191 e. The van der Waals surface area contributed by atoms with E-state index in [1.807, 2.05) is 6.07 Å². The second-order valence-corrected chi connectivity index (χ2v) is 5.67. The molecule has 0 spiro atoms. The first-order valence-electron chi connectivity index (χ1n) is 8.28. The minimum absolute atomic E-state index is 0. The van der Waals surface area contributed by atoms with Crippen molar-refractivity contribution < 1.29 is 9.26 Å². The van der Waals surface area contributed by atoms with Gasteiger partial charge in [0.1, 0.15) is 12.0 Å². The number of aliphatic imine (C=N–C) groups is 1. The van der Waals surface area contributed by atoms with Crippen LogP contribution in [0, 0.1) is 5.92 Å². The van der Waals surface area contributed by atoms with Gasteiger partial charge in [-0.15, -0.1) is 24.0 Å². The molecular formula is C16H29IN4O2. The zero-order chi connectivity index (χ0) is 15.6. The molecule has 1 aromatic heterocycles. The van der Waals surface area contributed by atoms with Crippen molar-refractivity contribution in [1.29, 1.82) is 0 Å². The summed E-state index contributed by atoms with van der Waals surface area (Å²) in [5.41, 5.74) is 0.862. The van der Waals surface area contributed by atoms with Crippen LogP contribution in [0.1, 0.15) is 44.7 Å². The van der Waals surface area contributed by atoms with E-state index in [0.717, 1.165) is 37.1 Å². The van der Waals surface area contributed by atoms with Gasteiger partial charge in [-0.1, -0.05) is 18.0 Å². The van der Waals surface area contributed by atoms with Crippen molar-refractivity contribution in [2.45, 2.75) is 51.7 Å². The third kappa shape index (κ3) is 7.07. The van der Waals surface area contributed by atoms with E-state index in [1.54, 1.807) is 13.3 Å². The average molecular weight is 436 g/mol. The molecule has 2 rings (SSSR count). The van der Waals surface area contributed by atoms with Crippen LogP contribution in [-0.2, 0) is 11.3 Å². The summed E-state index contributed by atoms with van der Waals surface area (Å²) in [6.07, 6.45) is 8.28. The maximum atomic E-state index is 5.94. The van der Waals surface area contributed by atoms with Gasteiger partial charge in [-0.05, 0) is 32.1 Å². The first kappa shape index (κ1) is 20.2. The quantitative estimate of drug-likeness (QED) is 0.373. The predicted molar refractivity (Wildman–Crippen MR) is 102 cm³/mol. The second kappa shape index (κ2) is 11.7. The molecule has 0 bridgehead atoms. The minimum atomic E-state index is 0. The Bertz CT molecular complexity index is 433. The van der Waals surface area contributed by atoms with Gasteiger partial charge < -0.3 is 19.9 Å². The fourth-order valence-corrected chi connectivity index (χ4v) is 3.05. The van der Waals surface area contributed by atoms with Crippen LogP contribution >= 0.6 is 24.0 Å². The fraction of sp³-hybridized carbons (Fsp3) is 0.750. The standard InChI is InChI=1S/C16H28N4O2.HI/c1-3-21-15(13-6-4-5-7-13)8-10-18-16(17-2)19-12-14-9-11-22-20-14;/h9,11,13,15H,3-8,10,12H2,1-2H3,(H2,17,18,19);1H. The Labute approximate surface area is 155 Å². The van der Waals surface area contributed by atoms with Gasteiger partial charge in [0.15, 0.2) is 5.96 Å². The molecular weight excluding hydrogens is 407 g/mol. The van der Waals surface area contributed by atoms with Crippen molar-refractivity contribution in [2.24, 2.45) is 10.9 Å². The average Bonchev–Trinajstić information content (AvgIpc) is 3.22. The Kier molecular flexibility index (Phi) is 10.3. The van der Waals surface area contributed by atoms with Crippen molar-refractivity contribution in [1.82, 2.24) is 15.8 Å². The SMILES string of the molecule is CCOC(CCNC(=NC)NCc1ccon1)C1CCCC1.I. The van der Waals surface area contributed by atoms with Crippen molar-refractivity contribution in [3.8, 4) is 0 Å². The highest BCUT2D eigenvalue weighted by Crippen LogP contribution is 2.30. The van der Waals surface area contributed by atoms with E-state index in [2.05, 4.69) is 27.7 Å². The van der Waals surface area contributed by atoms with Crippen molar-refractivity contribution in [3.05, 3.63) is 18.0 Å². The molecule has 1 atom stereocenters. The molecule has 0 aromatic carbocycles. The lowest BCUT2D eigenvalue weighted by Crippen LogP contribution is -2.39. The molecule has 1 aromatic rings. The van der Waals surface area contributed by atoms with Crippen LogP contribution in [0.5, 0.6) is 0 Å². The van der Waals surface area contributed by atoms with Crippen molar-refractivity contribution >= 4 is 29.9 Å². The summed E-state index contributed by atoms with van der Waals surface area (Å²) in [5.74, 6) is 1.51. The van der Waals surface area contributed by atoms with E-state index < -0.39 is 0 Å². The normalized spacial score (nSPS) is 16.9. The molecule has 1 aliphatic carbocycles. The van der Waals surface area contributed by atoms with Crippen LogP contribution in [0.25, 0.3) is 0 Å². The van der Waals surface area contributed by atoms with Gasteiger partial charge in [-0.2, -0.15) is 0 Å². The van der Waals surface area contributed by atoms with Gasteiger partial charge in [-0.25, -0.2) is 0 Å². The number of aromatic nitrogens is 1. The van der Waals surface area contributed by atoms with Gasteiger partial charge in [0.25, 0.3) is 0 Å². The monoisotopic (exact) mass is 436 g/mol. The second-order valence-electron chi connectivity index (χ2n) is 5.67. The Balaban J connectivity index is 0.00000264. The summed E-state index contributed by atoms with van der Waals surface area (Å²) in [6.45, 7) is 4.33. The van der Waals surface area contributed by atoms with E-state index >= 15 is 0 Å². The molecule has 0 aliphatic heterocycles. The molecule has 0 saturated heterocycles. The van der Waals surface area contributed by atoms with Gasteiger partial charge in [0.2, 0.25) is 0 Å². The molecule has 132 valence electrons. The van der Waals surface area contributed by atoms with E-state index in [0.29, 0.717) is 12.6 Å². The lowest BCUT2D eigenvalue weighted by molar-refractivity contribution is 0.0169. The zero-order valence-corrected chi connectivity index (χ0v) is 16.4. The van der Waals surface area contributed by atoms with E-state index in [-0.39, 0.29) is 24.0 Å². The van der Waals surface area contributed by atoms with Gasteiger partial charge in [0, 0.05) is 26.3 Å². The van der Waals surface area contributed by atoms with Crippen molar-refractivity contribution in [3.63, 3.8) is 0 Å². The first-order valence-corrected chi connectivity index (χ1v) is 8.28. The van der Waals surface area contributed by atoms with Crippen LogP contribution in [0.2, 0.25) is 0 Å². The summed E-state index contributed by atoms with van der Waals surface area (Å²) >= 11 is 0. The predicted octanol–water partition coefficient (Wildman–Crippen LogP) is 2.94. The van der Waals surface area contributed by atoms with Gasteiger partial charge in [-0.3, -0.25) is 4.99 Å². The third-order valence-electron chi connectivity index (χ3n) is 4.18. The fourth-order valence-electron chi connectivity index (χ4n) is 3.05. The Morgan fingerprint density at radius 1 is 1.43 bits per heavy atom. The molecule has 23 heavy (non-hydrogen) atoms. The molecule has 6 nitrogen and oxygen atoms in total. The topological polar surface area (TPSA) is 71.7 Å². The number of guanidine groups is 1. The molecule has 1 heterocycles. The summed E-state index contributed by atoms with van der Waals surface area (Å²) in [4.78, 5) is 4.22. The van der Waals surface area contributed by atoms with Crippen molar-refractivity contribution in [2.75, 3.05) is 20.2 Å². The minimum Gasteiger partial charge on any atom is -0.378 e. The number of halogens is 1. The Hall–Kier alpha value is -0.830. The van der Waals surface area contributed by atoms with Crippen LogP contribution in [0.15, 0.2) is 21.8 Å². The Morgan fingerprint density at radius 2 is 2.22 bits per heavy atom. The lowest BCUT2D eigenvalue weighted by atomic mass is 9.98. The van der Waals surface area contributed by atoms with Crippen LogP contribution in [0.4, 0.5) is 0 Å². The van der Waals surface area contributed by atoms with Crippen LogP contribution in [0.3, 0.4) is 0 Å². The first-order chi connectivity index (χ1) is 10.8. The number of rotatable bonds is 8. The smallest absolute Gasteiger partial charge is 0.191 e. The number of ether oxygens (including phenoxy) is 1. The summed E-state index contributed by atoms with van der Waals surface area (Å²) < 4.78 is 10.7. The molecule has 2 N–H and O–H groups in total. The third-order valence-corrected chi connectivity index (χ3v) is 4.18. The molecule has 0 radical (unpaired) electrons. The van der Waals surface area contributed by atoms with E-state index in [1.165, 1.54) is 25.7 Å². The highest BCUT2D eigenvalue weighted by atomic mass is 127. The number of hydrogen-bond donors (Lipinski definition) is 2. The molecule has 0 amide bonds. The molecule has 1 saturated carbocycles. The molecule has 1 unspecified atom stereocenters. The Morgan fingerprint density at radius 3 is 2.83 bits per heavy atom. The number of nitrogens with one attached hydrogen (secondary N) is 2. The zero-order valence-electron chi connectivity index (χ0n) is 14.1. The largest absolute Gasteiger partial charge is 0.378 e. The maximum absolute atomic E-state index is 5.94. The van der Waals surface area contributed by atoms with Crippen LogP contribution in [-0.4, -0.2) is 37.4 Å². The number of hydrogen-bond acceptors (Lipinski definition) is 4.